The second-order valence-electron chi connectivity index (χ2n) is 9.48. The predicted octanol–water partition coefficient (Wildman–Crippen LogP) is 6.39. The summed E-state index contributed by atoms with van der Waals surface area (Å²) in [6.07, 6.45) is 12.4. The summed E-state index contributed by atoms with van der Waals surface area (Å²) in [7, 11) is 1.75. The molecule has 2 fully saturated rings. The molecular weight excluding hydrogens is 436 g/mol. The third-order valence-corrected chi connectivity index (χ3v) is 8.47. The van der Waals surface area contributed by atoms with Gasteiger partial charge in [-0.15, -0.1) is 0 Å². The molecule has 0 unspecified atom stereocenters. The smallest absolute Gasteiger partial charge is 0.119 e. The molecule has 0 amide bonds. The highest BCUT2D eigenvalue weighted by Crippen LogP contribution is 2.31. The molecule has 2 aliphatic rings. The van der Waals surface area contributed by atoms with Gasteiger partial charge < -0.3 is 14.5 Å². The number of likely N-dealkylation sites (tertiary alicyclic amines) is 1. The first-order chi connectivity index (χ1) is 14.6. The molecule has 170 valence electrons. The molecule has 0 spiro atoms. The number of rotatable bonds is 10. The number of hydrogen-bond donors (Lipinski definition) is 0. The van der Waals surface area contributed by atoms with Gasteiger partial charge in [0.15, 0.2) is 0 Å². The van der Waals surface area contributed by atoms with Gasteiger partial charge in [-0.05, 0) is 126 Å². The second kappa shape index (κ2) is 12.5. The molecule has 0 atom stereocenters. The predicted molar refractivity (Wildman–Crippen MR) is 131 cm³/mol. The Morgan fingerprint density at radius 2 is 1.70 bits per heavy atom. The van der Waals surface area contributed by atoms with Crippen LogP contribution >= 0.6 is 15.9 Å². The molecule has 0 N–H and O–H groups in total. The first kappa shape index (κ1) is 24.1. The van der Waals surface area contributed by atoms with Gasteiger partial charge in [-0.25, -0.2) is 0 Å². The van der Waals surface area contributed by atoms with E-state index in [9.17, 15) is 0 Å². The minimum absolute atomic E-state index is 0.806. The van der Waals surface area contributed by atoms with Gasteiger partial charge in [0, 0.05) is 10.5 Å². The summed E-state index contributed by atoms with van der Waals surface area (Å²) in [6.45, 7) is 10.9. The molecule has 1 aromatic carbocycles. The van der Waals surface area contributed by atoms with Crippen LogP contribution < -0.4 is 4.74 Å². The minimum Gasteiger partial charge on any atom is -0.497 e. The van der Waals surface area contributed by atoms with Crippen molar-refractivity contribution >= 4 is 15.9 Å². The first-order valence-corrected chi connectivity index (χ1v) is 13.2. The fraction of sp³-hybridized carbons (Fsp3) is 0.769. The number of ether oxygens (including phenoxy) is 1. The molecule has 0 radical (unpaired) electrons. The maximum Gasteiger partial charge on any atom is 0.119 e. The molecule has 1 aliphatic heterocycles. The van der Waals surface area contributed by atoms with Gasteiger partial charge in [0.2, 0.25) is 0 Å². The van der Waals surface area contributed by atoms with E-state index in [1.165, 1.54) is 101 Å². The molecule has 3 nitrogen and oxygen atoms in total. The van der Waals surface area contributed by atoms with E-state index in [2.05, 4.69) is 51.7 Å². The topological polar surface area (TPSA) is 15.7 Å². The number of methoxy groups -OCH3 is 1. The van der Waals surface area contributed by atoms with Crippen molar-refractivity contribution in [2.75, 3.05) is 39.8 Å². The van der Waals surface area contributed by atoms with Crippen LogP contribution in [0, 0.1) is 11.8 Å². The second-order valence-corrected chi connectivity index (χ2v) is 10.3. The van der Waals surface area contributed by atoms with Crippen LogP contribution in [0.4, 0.5) is 0 Å². The van der Waals surface area contributed by atoms with Gasteiger partial charge in [-0.2, -0.15) is 0 Å². The van der Waals surface area contributed by atoms with Crippen LogP contribution in [0.3, 0.4) is 0 Å². The van der Waals surface area contributed by atoms with E-state index in [0.717, 1.165) is 23.6 Å². The summed E-state index contributed by atoms with van der Waals surface area (Å²) in [5.74, 6) is 2.76. The van der Waals surface area contributed by atoms with Crippen LogP contribution in [0.2, 0.25) is 0 Å². The molecule has 4 heteroatoms. The molecule has 3 rings (SSSR count). The Bertz CT molecular complexity index is 617. The molecule has 0 bridgehead atoms. The summed E-state index contributed by atoms with van der Waals surface area (Å²) in [5, 5.41) is 0. The average Bonchev–Trinajstić information content (AvgIpc) is 2.78. The van der Waals surface area contributed by atoms with Crippen molar-refractivity contribution in [2.45, 2.75) is 77.7 Å². The maximum atomic E-state index is 5.41. The van der Waals surface area contributed by atoms with Crippen LogP contribution in [0.5, 0.6) is 5.75 Å². The average molecular weight is 480 g/mol. The van der Waals surface area contributed by atoms with Crippen LogP contribution in [0.1, 0.15) is 70.8 Å². The van der Waals surface area contributed by atoms with Crippen molar-refractivity contribution in [2.24, 2.45) is 11.8 Å². The summed E-state index contributed by atoms with van der Waals surface area (Å²) in [5.41, 5.74) is 1.40. The number of halogens is 1. The van der Waals surface area contributed by atoms with E-state index in [1.54, 1.807) is 7.11 Å². The third-order valence-electron chi connectivity index (χ3n) is 7.70. The van der Waals surface area contributed by atoms with Crippen molar-refractivity contribution in [3.8, 4) is 5.75 Å². The van der Waals surface area contributed by atoms with E-state index in [0.29, 0.717) is 0 Å². The molecule has 1 aliphatic carbocycles. The standard InChI is InChI=1S/C26H43BrN2O/c1-4-29(5-2)24-10-8-21(9-11-24)7-6-16-28-17-14-22(15-18-28)19-23-20-25(30-3)12-13-26(23)27/h12-13,20-22,24H,4-11,14-19H2,1-3H3. The summed E-state index contributed by atoms with van der Waals surface area (Å²) < 4.78 is 6.63. The maximum absolute atomic E-state index is 5.41. The number of nitrogens with zero attached hydrogens (tertiary/aromatic N) is 2. The van der Waals surface area contributed by atoms with Crippen molar-refractivity contribution in [3.63, 3.8) is 0 Å². The Kier molecular flexibility index (Phi) is 9.99. The Labute approximate surface area is 193 Å². The largest absolute Gasteiger partial charge is 0.497 e. The van der Waals surface area contributed by atoms with Crippen molar-refractivity contribution in [1.82, 2.24) is 9.80 Å². The summed E-state index contributed by atoms with van der Waals surface area (Å²) >= 11 is 3.72. The SMILES string of the molecule is CCN(CC)C1CCC(CCCN2CCC(Cc3cc(OC)ccc3Br)CC2)CC1. The lowest BCUT2D eigenvalue weighted by Gasteiger charge is -2.36. The lowest BCUT2D eigenvalue weighted by atomic mass is 9.82. The Balaban J connectivity index is 1.31. The first-order valence-electron chi connectivity index (χ1n) is 12.4. The van der Waals surface area contributed by atoms with Gasteiger partial charge in [0.05, 0.1) is 7.11 Å². The van der Waals surface area contributed by atoms with E-state index >= 15 is 0 Å². The molecular formula is C26H43BrN2O. The molecule has 1 saturated carbocycles. The third kappa shape index (κ3) is 6.97. The van der Waals surface area contributed by atoms with Crippen molar-refractivity contribution < 1.29 is 4.74 Å². The monoisotopic (exact) mass is 478 g/mol. The molecule has 1 heterocycles. The van der Waals surface area contributed by atoms with Crippen LogP contribution in [-0.4, -0.2) is 55.7 Å². The highest BCUT2D eigenvalue weighted by Gasteiger charge is 2.25. The Hall–Kier alpha value is -0.580. The summed E-state index contributed by atoms with van der Waals surface area (Å²) in [4.78, 5) is 5.39. The van der Waals surface area contributed by atoms with Gasteiger partial charge in [-0.3, -0.25) is 0 Å². The van der Waals surface area contributed by atoms with Gasteiger partial charge in [0.1, 0.15) is 5.75 Å². The summed E-state index contributed by atoms with van der Waals surface area (Å²) in [6, 6.07) is 7.22. The number of benzene rings is 1. The quantitative estimate of drug-likeness (QED) is 0.387. The van der Waals surface area contributed by atoms with Crippen LogP contribution in [-0.2, 0) is 6.42 Å². The molecule has 0 aromatic heterocycles. The zero-order chi connectivity index (χ0) is 21.3. The minimum atomic E-state index is 0.806. The van der Waals surface area contributed by atoms with Gasteiger partial charge in [0.25, 0.3) is 0 Å². The van der Waals surface area contributed by atoms with Gasteiger partial charge >= 0.3 is 0 Å². The van der Waals surface area contributed by atoms with Crippen molar-refractivity contribution in [3.05, 3.63) is 28.2 Å². The molecule has 1 aromatic rings. The Morgan fingerprint density at radius 1 is 1.00 bits per heavy atom. The number of piperidine rings is 1. The highest BCUT2D eigenvalue weighted by atomic mass is 79.9. The van der Waals surface area contributed by atoms with E-state index in [-0.39, 0.29) is 0 Å². The normalized spacial score (nSPS) is 23.8. The zero-order valence-electron chi connectivity index (χ0n) is 19.5. The van der Waals surface area contributed by atoms with Gasteiger partial charge in [-0.1, -0.05) is 29.8 Å². The fourth-order valence-electron chi connectivity index (χ4n) is 5.70. The number of hydrogen-bond acceptors (Lipinski definition) is 3. The van der Waals surface area contributed by atoms with E-state index in [1.807, 2.05) is 6.07 Å². The lowest BCUT2D eigenvalue weighted by molar-refractivity contribution is 0.139. The van der Waals surface area contributed by atoms with Crippen molar-refractivity contribution in [1.29, 1.82) is 0 Å². The highest BCUT2D eigenvalue weighted by molar-refractivity contribution is 9.10. The molecule has 1 saturated heterocycles. The van der Waals surface area contributed by atoms with E-state index in [4.69, 9.17) is 4.74 Å². The van der Waals surface area contributed by atoms with Crippen LogP contribution in [0.25, 0.3) is 0 Å². The zero-order valence-corrected chi connectivity index (χ0v) is 21.1. The van der Waals surface area contributed by atoms with E-state index < -0.39 is 0 Å². The lowest BCUT2D eigenvalue weighted by Crippen LogP contribution is -2.38. The van der Waals surface area contributed by atoms with Crippen LogP contribution in [0.15, 0.2) is 22.7 Å². The fourth-order valence-corrected chi connectivity index (χ4v) is 6.11. The molecule has 30 heavy (non-hydrogen) atoms. The Morgan fingerprint density at radius 3 is 2.33 bits per heavy atom.